The molecule has 2 rings (SSSR count). The molecule has 3 nitrogen and oxygen atoms in total. The minimum atomic E-state index is 0.814. The van der Waals surface area contributed by atoms with Crippen molar-refractivity contribution in [3.63, 3.8) is 0 Å². The summed E-state index contributed by atoms with van der Waals surface area (Å²) in [5, 5.41) is 0. The maximum Gasteiger partial charge on any atom is 0.133 e. The van der Waals surface area contributed by atoms with Crippen LogP contribution in [0.3, 0.4) is 0 Å². The van der Waals surface area contributed by atoms with E-state index in [4.69, 9.17) is 0 Å². The third-order valence-electron chi connectivity index (χ3n) is 2.54. The van der Waals surface area contributed by atoms with Gasteiger partial charge in [-0.1, -0.05) is 30.3 Å². The minimum Gasteiger partial charge on any atom is -0.352 e. The first kappa shape index (κ1) is 12.0. The average Bonchev–Trinajstić information content (AvgIpc) is 2.37. The van der Waals surface area contributed by atoms with Crippen LogP contribution in [0.25, 0.3) is 0 Å². The van der Waals surface area contributed by atoms with Crippen LogP contribution in [0.15, 0.2) is 47.3 Å². The molecule has 88 valence electrons. The molecule has 0 aliphatic carbocycles. The van der Waals surface area contributed by atoms with Gasteiger partial charge in [0.1, 0.15) is 16.7 Å². The summed E-state index contributed by atoms with van der Waals surface area (Å²) in [5.41, 5.74) is 1.28. The van der Waals surface area contributed by atoms with Gasteiger partial charge in [-0.3, -0.25) is 0 Å². The summed E-state index contributed by atoms with van der Waals surface area (Å²) in [5.74, 6) is 0.943. The number of rotatable bonds is 4. The molecule has 4 heteroatoms. The van der Waals surface area contributed by atoms with E-state index in [0.29, 0.717) is 0 Å². The second-order valence-corrected chi connectivity index (χ2v) is 4.51. The third-order valence-corrected chi connectivity index (χ3v) is 2.97. The van der Waals surface area contributed by atoms with Crippen LogP contribution in [-0.4, -0.2) is 16.5 Å². The highest BCUT2D eigenvalue weighted by Crippen LogP contribution is 2.16. The Morgan fingerprint density at radius 1 is 1.18 bits per heavy atom. The third kappa shape index (κ3) is 3.27. The van der Waals surface area contributed by atoms with Crippen molar-refractivity contribution in [2.45, 2.75) is 13.5 Å². The Hall–Kier alpha value is -1.42. The van der Waals surface area contributed by atoms with E-state index < -0.39 is 0 Å². The number of hydrogen-bond acceptors (Lipinski definition) is 3. The quantitative estimate of drug-likeness (QED) is 0.810. The number of benzene rings is 1. The molecule has 0 saturated heterocycles. The molecule has 2 aromatic rings. The fourth-order valence-corrected chi connectivity index (χ4v) is 1.95. The van der Waals surface area contributed by atoms with Crippen LogP contribution in [0.5, 0.6) is 0 Å². The zero-order chi connectivity index (χ0) is 12.1. The molecule has 17 heavy (non-hydrogen) atoms. The van der Waals surface area contributed by atoms with E-state index >= 15 is 0 Å². The molecule has 0 radical (unpaired) electrons. The molecule has 0 amide bonds. The van der Waals surface area contributed by atoms with Gasteiger partial charge in [0.2, 0.25) is 0 Å². The molecule has 1 aromatic heterocycles. The van der Waals surface area contributed by atoms with Gasteiger partial charge in [0.05, 0.1) is 0 Å². The SMILES string of the molecule is CCN(Cc1ccccc1)c1cc(Br)ncn1. The standard InChI is InChI=1S/C13H14BrN3/c1-2-17(9-11-6-4-3-5-7-11)13-8-12(14)15-10-16-13/h3-8,10H,2,9H2,1H3. The maximum atomic E-state index is 4.29. The number of anilines is 1. The first-order valence-electron chi connectivity index (χ1n) is 5.56. The summed E-state index contributed by atoms with van der Waals surface area (Å²) >= 11 is 3.37. The molecular formula is C13H14BrN3. The number of halogens is 1. The number of aromatic nitrogens is 2. The number of nitrogens with zero attached hydrogens (tertiary/aromatic N) is 3. The Morgan fingerprint density at radius 3 is 2.59 bits per heavy atom. The van der Waals surface area contributed by atoms with Crippen LogP contribution in [-0.2, 0) is 6.54 Å². The fourth-order valence-electron chi connectivity index (χ4n) is 1.66. The van der Waals surface area contributed by atoms with Gasteiger partial charge in [0.25, 0.3) is 0 Å². The van der Waals surface area contributed by atoms with Crippen LogP contribution >= 0.6 is 15.9 Å². The monoisotopic (exact) mass is 291 g/mol. The van der Waals surface area contributed by atoms with Gasteiger partial charge in [0.15, 0.2) is 0 Å². The van der Waals surface area contributed by atoms with E-state index in [-0.39, 0.29) is 0 Å². The van der Waals surface area contributed by atoms with Gasteiger partial charge in [-0.25, -0.2) is 9.97 Å². The van der Waals surface area contributed by atoms with E-state index in [1.165, 1.54) is 5.56 Å². The van der Waals surface area contributed by atoms with E-state index in [1.54, 1.807) is 6.33 Å². The lowest BCUT2D eigenvalue weighted by Crippen LogP contribution is -2.23. The number of hydrogen-bond donors (Lipinski definition) is 0. The van der Waals surface area contributed by atoms with Crippen LogP contribution in [0.2, 0.25) is 0 Å². The van der Waals surface area contributed by atoms with Crippen molar-refractivity contribution in [1.82, 2.24) is 9.97 Å². The van der Waals surface area contributed by atoms with Crippen LogP contribution < -0.4 is 4.90 Å². The zero-order valence-corrected chi connectivity index (χ0v) is 11.3. The van der Waals surface area contributed by atoms with Crippen LogP contribution in [0, 0.1) is 0 Å². The highest BCUT2D eigenvalue weighted by atomic mass is 79.9. The zero-order valence-electron chi connectivity index (χ0n) is 9.68. The minimum absolute atomic E-state index is 0.814. The van der Waals surface area contributed by atoms with E-state index in [2.05, 4.69) is 62.0 Å². The molecule has 1 heterocycles. The van der Waals surface area contributed by atoms with Crippen molar-refractivity contribution in [2.75, 3.05) is 11.4 Å². The molecule has 0 spiro atoms. The second-order valence-electron chi connectivity index (χ2n) is 3.70. The Morgan fingerprint density at radius 2 is 1.94 bits per heavy atom. The van der Waals surface area contributed by atoms with Crippen molar-refractivity contribution < 1.29 is 0 Å². The maximum absolute atomic E-state index is 4.29. The topological polar surface area (TPSA) is 29.0 Å². The molecule has 0 aliphatic rings. The molecule has 0 unspecified atom stereocenters. The molecule has 0 saturated carbocycles. The molecule has 0 bridgehead atoms. The van der Waals surface area contributed by atoms with Gasteiger partial charge < -0.3 is 4.90 Å². The predicted molar refractivity (Wildman–Crippen MR) is 72.9 cm³/mol. The largest absolute Gasteiger partial charge is 0.352 e. The summed E-state index contributed by atoms with van der Waals surface area (Å²) in [7, 11) is 0. The van der Waals surface area contributed by atoms with Crippen molar-refractivity contribution in [3.05, 3.63) is 52.9 Å². The molecular weight excluding hydrogens is 278 g/mol. The molecule has 0 fully saturated rings. The molecule has 0 atom stereocenters. The van der Waals surface area contributed by atoms with Gasteiger partial charge in [-0.15, -0.1) is 0 Å². The van der Waals surface area contributed by atoms with Crippen molar-refractivity contribution in [1.29, 1.82) is 0 Å². The first-order valence-corrected chi connectivity index (χ1v) is 6.35. The van der Waals surface area contributed by atoms with Gasteiger partial charge in [0, 0.05) is 19.2 Å². The predicted octanol–water partition coefficient (Wildman–Crippen LogP) is 3.27. The van der Waals surface area contributed by atoms with Gasteiger partial charge >= 0.3 is 0 Å². The highest BCUT2D eigenvalue weighted by molar-refractivity contribution is 9.10. The normalized spacial score (nSPS) is 10.2. The van der Waals surface area contributed by atoms with Crippen molar-refractivity contribution in [2.24, 2.45) is 0 Å². The Labute approximate surface area is 110 Å². The van der Waals surface area contributed by atoms with Gasteiger partial charge in [-0.2, -0.15) is 0 Å². The summed E-state index contributed by atoms with van der Waals surface area (Å²) in [4.78, 5) is 10.5. The van der Waals surface area contributed by atoms with E-state index in [1.807, 2.05) is 12.1 Å². The van der Waals surface area contributed by atoms with Crippen LogP contribution in [0.1, 0.15) is 12.5 Å². The van der Waals surface area contributed by atoms with Crippen molar-refractivity contribution >= 4 is 21.7 Å². The lowest BCUT2D eigenvalue weighted by Gasteiger charge is -2.21. The summed E-state index contributed by atoms with van der Waals surface area (Å²) in [6.45, 7) is 3.90. The Bertz CT molecular complexity index is 473. The summed E-state index contributed by atoms with van der Waals surface area (Å²) in [6, 6.07) is 12.3. The molecule has 1 aromatic carbocycles. The summed E-state index contributed by atoms with van der Waals surface area (Å²) in [6.07, 6.45) is 1.58. The van der Waals surface area contributed by atoms with Crippen LogP contribution in [0.4, 0.5) is 5.82 Å². The van der Waals surface area contributed by atoms with E-state index in [9.17, 15) is 0 Å². The first-order chi connectivity index (χ1) is 8.29. The average molecular weight is 292 g/mol. The second kappa shape index (κ2) is 5.77. The molecule has 0 aliphatic heterocycles. The Balaban J connectivity index is 2.17. The van der Waals surface area contributed by atoms with Crippen molar-refractivity contribution in [3.8, 4) is 0 Å². The fraction of sp³-hybridized carbons (Fsp3) is 0.231. The van der Waals surface area contributed by atoms with Gasteiger partial charge in [-0.05, 0) is 28.4 Å². The lowest BCUT2D eigenvalue weighted by atomic mass is 10.2. The molecule has 0 N–H and O–H groups in total. The summed E-state index contributed by atoms with van der Waals surface area (Å²) < 4.78 is 0.814. The Kier molecular flexibility index (Phi) is 4.09. The van der Waals surface area contributed by atoms with E-state index in [0.717, 1.165) is 23.5 Å². The lowest BCUT2D eigenvalue weighted by molar-refractivity contribution is 0.808. The highest BCUT2D eigenvalue weighted by Gasteiger charge is 2.06. The smallest absolute Gasteiger partial charge is 0.133 e.